The third-order valence-corrected chi connectivity index (χ3v) is 4.62. The third-order valence-electron chi connectivity index (χ3n) is 3.29. The molecule has 17 heavy (non-hydrogen) atoms. The molecule has 1 aliphatic rings. The molecule has 0 aromatic carbocycles. The van der Waals surface area contributed by atoms with Crippen LogP contribution < -0.4 is 5.73 Å². The molecule has 0 spiro atoms. The Balaban J connectivity index is 2.13. The number of β-amino-alcohol motifs (C(OH)–C–C–N with tert-alkyl or cyclic N) is 1. The number of aliphatic hydroxyl groups is 1. The van der Waals surface area contributed by atoms with Gasteiger partial charge in [-0.15, -0.1) is 11.3 Å². The van der Waals surface area contributed by atoms with Gasteiger partial charge in [0, 0.05) is 18.0 Å². The van der Waals surface area contributed by atoms with Gasteiger partial charge in [0.2, 0.25) is 0 Å². The molecule has 96 valence electrons. The van der Waals surface area contributed by atoms with Crippen LogP contribution in [-0.4, -0.2) is 35.2 Å². The second kappa shape index (κ2) is 5.24. The zero-order chi connectivity index (χ0) is 12.5. The second-order valence-corrected chi connectivity index (χ2v) is 6.71. The fourth-order valence-corrected chi connectivity index (χ4v) is 3.69. The molecule has 1 fully saturated rings. The Labute approximate surface area is 111 Å². The van der Waals surface area contributed by atoms with Gasteiger partial charge in [0.15, 0.2) is 0 Å². The van der Waals surface area contributed by atoms with Gasteiger partial charge in [-0.3, -0.25) is 4.90 Å². The average molecular weight is 275 g/mol. The predicted octanol–water partition coefficient (Wildman–Crippen LogP) is 2.25. The van der Waals surface area contributed by atoms with Gasteiger partial charge in [0.1, 0.15) is 0 Å². The van der Waals surface area contributed by atoms with Gasteiger partial charge in [-0.05, 0) is 38.4 Å². The summed E-state index contributed by atoms with van der Waals surface area (Å²) in [5.74, 6) is 0. The molecule has 0 aliphatic carbocycles. The molecular formula is C12H19ClN2OS. The highest BCUT2D eigenvalue weighted by Crippen LogP contribution is 2.33. The smallest absolute Gasteiger partial charge is 0.0931 e. The number of rotatable bonds is 3. The molecule has 3 nitrogen and oxygen atoms in total. The van der Waals surface area contributed by atoms with E-state index >= 15 is 0 Å². The van der Waals surface area contributed by atoms with E-state index in [1.807, 2.05) is 19.1 Å². The number of hydrogen-bond acceptors (Lipinski definition) is 4. The molecule has 2 rings (SSSR count). The number of likely N-dealkylation sites (tertiary alicyclic amines) is 1. The van der Waals surface area contributed by atoms with Crippen LogP contribution in [0.15, 0.2) is 12.1 Å². The minimum absolute atomic E-state index is 0.180. The van der Waals surface area contributed by atoms with Crippen molar-refractivity contribution >= 4 is 22.9 Å². The van der Waals surface area contributed by atoms with Crippen molar-refractivity contribution in [1.29, 1.82) is 0 Å². The Hall–Kier alpha value is -0.130. The molecule has 2 atom stereocenters. The van der Waals surface area contributed by atoms with E-state index in [1.165, 1.54) is 4.88 Å². The van der Waals surface area contributed by atoms with Crippen LogP contribution in [0.25, 0.3) is 0 Å². The maximum absolute atomic E-state index is 10.1. The van der Waals surface area contributed by atoms with Crippen molar-refractivity contribution in [3.05, 3.63) is 21.3 Å². The maximum atomic E-state index is 10.1. The molecular weight excluding hydrogens is 256 g/mol. The van der Waals surface area contributed by atoms with Crippen molar-refractivity contribution in [3.8, 4) is 0 Å². The van der Waals surface area contributed by atoms with Crippen LogP contribution in [0, 0.1) is 0 Å². The summed E-state index contributed by atoms with van der Waals surface area (Å²) in [5, 5.41) is 10.1. The van der Waals surface area contributed by atoms with Gasteiger partial charge in [0.05, 0.1) is 16.0 Å². The Morgan fingerprint density at radius 2 is 2.41 bits per heavy atom. The molecule has 0 amide bonds. The van der Waals surface area contributed by atoms with E-state index in [2.05, 4.69) is 4.90 Å². The highest BCUT2D eigenvalue weighted by Gasteiger charge is 2.32. The molecule has 1 saturated heterocycles. The molecule has 0 radical (unpaired) electrons. The molecule has 2 unspecified atom stereocenters. The van der Waals surface area contributed by atoms with E-state index in [4.69, 9.17) is 17.3 Å². The van der Waals surface area contributed by atoms with E-state index in [0.29, 0.717) is 13.1 Å². The van der Waals surface area contributed by atoms with E-state index in [0.717, 1.165) is 23.7 Å². The lowest BCUT2D eigenvalue weighted by molar-refractivity contribution is -0.0288. The summed E-state index contributed by atoms with van der Waals surface area (Å²) < 4.78 is 0.794. The van der Waals surface area contributed by atoms with Crippen LogP contribution in [0.5, 0.6) is 0 Å². The first-order chi connectivity index (χ1) is 8.02. The summed E-state index contributed by atoms with van der Waals surface area (Å²) >= 11 is 7.54. The number of nitrogens with two attached hydrogens (primary N) is 1. The Morgan fingerprint density at radius 3 is 2.94 bits per heavy atom. The van der Waals surface area contributed by atoms with Crippen LogP contribution in [-0.2, 0) is 0 Å². The topological polar surface area (TPSA) is 49.5 Å². The number of halogens is 1. The summed E-state index contributed by atoms with van der Waals surface area (Å²) in [6, 6.07) is 4.12. The summed E-state index contributed by atoms with van der Waals surface area (Å²) in [5.41, 5.74) is 5.28. The lowest BCUT2D eigenvalue weighted by Gasteiger charge is -2.40. The van der Waals surface area contributed by atoms with Gasteiger partial charge >= 0.3 is 0 Å². The number of hydrogen-bond donors (Lipinski definition) is 2. The second-order valence-electron chi connectivity index (χ2n) is 4.96. The van der Waals surface area contributed by atoms with Crippen LogP contribution in [0.2, 0.25) is 4.34 Å². The zero-order valence-corrected chi connectivity index (χ0v) is 11.6. The highest BCUT2D eigenvalue weighted by atomic mass is 35.5. The Bertz CT molecular complexity index is 380. The van der Waals surface area contributed by atoms with Crippen LogP contribution in [0.3, 0.4) is 0 Å². The first kappa shape index (κ1) is 13.3. The maximum Gasteiger partial charge on any atom is 0.0931 e. The van der Waals surface area contributed by atoms with Gasteiger partial charge in [-0.2, -0.15) is 0 Å². The minimum atomic E-state index is -0.591. The molecule has 3 N–H and O–H groups in total. The van der Waals surface area contributed by atoms with Crippen molar-refractivity contribution in [3.63, 3.8) is 0 Å². The lowest BCUT2D eigenvalue weighted by atomic mass is 9.94. The van der Waals surface area contributed by atoms with Gasteiger partial charge in [-0.25, -0.2) is 0 Å². The van der Waals surface area contributed by atoms with Crippen LogP contribution in [0.1, 0.15) is 30.7 Å². The van der Waals surface area contributed by atoms with Crippen molar-refractivity contribution in [2.24, 2.45) is 5.73 Å². The molecule has 0 bridgehead atoms. The minimum Gasteiger partial charge on any atom is -0.389 e. The van der Waals surface area contributed by atoms with Crippen molar-refractivity contribution in [2.45, 2.75) is 31.4 Å². The number of piperidine rings is 1. The SMILES string of the molecule is CC1(O)CCCN(C(CN)c2ccc(Cl)s2)C1. The largest absolute Gasteiger partial charge is 0.389 e. The van der Waals surface area contributed by atoms with Gasteiger partial charge in [0.25, 0.3) is 0 Å². The van der Waals surface area contributed by atoms with E-state index in [1.54, 1.807) is 11.3 Å². The lowest BCUT2D eigenvalue weighted by Crippen LogP contribution is -2.48. The van der Waals surface area contributed by atoms with Crippen LogP contribution >= 0.6 is 22.9 Å². The molecule has 2 heterocycles. The van der Waals surface area contributed by atoms with E-state index < -0.39 is 5.60 Å². The fourth-order valence-electron chi connectivity index (χ4n) is 2.48. The summed E-state index contributed by atoms with van der Waals surface area (Å²) in [6.45, 7) is 4.14. The quantitative estimate of drug-likeness (QED) is 0.889. The standard InChI is InChI=1S/C12H19ClN2OS/c1-12(16)5-2-6-15(8-12)9(7-14)10-3-4-11(13)17-10/h3-4,9,16H,2,5-8,14H2,1H3. The number of nitrogens with zero attached hydrogens (tertiary/aromatic N) is 1. The monoisotopic (exact) mass is 274 g/mol. The first-order valence-electron chi connectivity index (χ1n) is 5.93. The third kappa shape index (κ3) is 3.20. The summed E-state index contributed by atoms with van der Waals surface area (Å²) in [4.78, 5) is 3.46. The van der Waals surface area contributed by atoms with Crippen LogP contribution in [0.4, 0.5) is 0 Å². The van der Waals surface area contributed by atoms with E-state index in [9.17, 15) is 5.11 Å². The number of thiophene rings is 1. The normalized spacial score (nSPS) is 28.2. The highest BCUT2D eigenvalue weighted by molar-refractivity contribution is 7.16. The first-order valence-corrected chi connectivity index (χ1v) is 7.13. The predicted molar refractivity (Wildman–Crippen MR) is 72.6 cm³/mol. The van der Waals surface area contributed by atoms with Crippen molar-refractivity contribution in [1.82, 2.24) is 4.90 Å². The molecule has 1 aliphatic heterocycles. The van der Waals surface area contributed by atoms with Crippen molar-refractivity contribution < 1.29 is 5.11 Å². The zero-order valence-electron chi connectivity index (χ0n) is 10.0. The molecule has 5 heteroatoms. The molecule has 1 aromatic rings. The summed E-state index contributed by atoms with van der Waals surface area (Å²) in [6.07, 6.45) is 1.88. The summed E-state index contributed by atoms with van der Waals surface area (Å²) in [7, 11) is 0. The molecule has 1 aromatic heterocycles. The molecule has 0 saturated carbocycles. The van der Waals surface area contributed by atoms with Gasteiger partial charge < -0.3 is 10.8 Å². The van der Waals surface area contributed by atoms with Crippen molar-refractivity contribution in [2.75, 3.05) is 19.6 Å². The Morgan fingerprint density at radius 1 is 1.65 bits per heavy atom. The van der Waals surface area contributed by atoms with E-state index in [-0.39, 0.29) is 6.04 Å². The average Bonchev–Trinajstić information content (AvgIpc) is 2.64. The van der Waals surface area contributed by atoms with Gasteiger partial charge in [-0.1, -0.05) is 11.6 Å². The Kier molecular flexibility index (Phi) is 4.10. The fraction of sp³-hybridized carbons (Fsp3) is 0.667.